The van der Waals surface area contributed by atoms with Crippen LogP contribution in [0.25, 0.3) is 0 Å². The second-order valence-corrected chi connectivity index (χ2v) is 6.11. The molecule has 5 nitrogen and oxygen atoms in total. The maximum atomic E-state index is 12.4. The first-order valence-electron chi connectivity index (χ1n) is 8.10. The molecule has 0 unspecified atom stereocenters. The van der Waals surface area contributed by atoms with Gasteiger partial charge in [0.05, 0.1) is 18.7 Å². The average Bonchev–Trinajstić information content (AvgIpc) is 2.57. The standard InChI is InChI=1S/C18H24N2O3/c1-12-6-4-5-7-15(12)20-18(21)13(2)23-16-9-8-14(11-19)10-17(16)22-3/h8-10,12-13,15H,4-7H2,1-3H3,(H,20,21)/t12-,13-,15-/m1/s1. The number of rotatable bonds is 5. The number of methoxy groups -OCH3 is 1. The highest BCUT2D eigenvalue weighted by Gasteiger charge is 2.25. The summed E-state index contributed by atoms with van der Waals surface area (Å²) in [5.74, 6) is 1.31. The lowest BCUT2D eigenvalue weighted by Crippen LogP contribution is -2.46. The maximum Gasteiger partial charge on any atom is 0.261 e. The van der Waals surface area contributed by atoms with E-state index in [-0.39, 0.29) is 11.9 Å². The van der Waals surface area contributed by atoms with Gasteiger partial charge in [-0.15, -0.1) is 0 Å². The van der Waals surface area contributed by atoms with Crippen molar-refractivity contribution in [2.45, 2.75) is 51.7 Å². The van der Waals surface area contributed by atoms with Crippen LogP contribution in [-0.2, 0) is 4.79 Å². The van der Waals surface area contributed by atoms with E-state index in [1.54, 1.807) is 25.1 Å². The van der Waals surface area contributed by atoms with Gasteiger partial charge < -0.3 is 14.8 Å². The van der Waals surface area contributed by atoms with Crippen LogP contribution in [0.4, 0.5) is 0 Å². The number of nitrogens with one attached hydrogen (secondary N) is 1. The Labute approximate surface area is 137 Å². The van der Waals surface area contributed by atoms with Crippen LogP contribution in [0.5, 0.6) is 11.5 Å². The van der Waals surface area contributed by atoms with Crippen LogP contribution >= 0.6 is 0 Å². The van der Waals surface area contributed by atoms with Crippen LogP contribution in [0.3, 0.4) is 0 Å². The lowest BCUT2D eigenvalue weighted by atomic mass is 9.86. The average molecular weight is 316 g/mol. The highest BCUT2D eigenvalue weighted by molar-refractivity contribution is 5.81. The van der Waals surface area contributed by atoms with Crippen LogP contribution in [-0.4, -0.2) is 25.2 Å². The van der Waals surface area contributed by atoms with Gasteiger partial charge in [-0.2, -0.15) is 5.26 Å². The molecule has 1 fully saturated rings. The van der Waals surface area contributed by atoms with E-state index in [1.165, 1.54) is 13.5 Å². The number of ether oxygens (including phenoxy) is 2. The Kier molecular flexibility index (Phi) is 5.86. The van der Waals surface area contributed by atoms with Crippen molar-refractivity contribution in [1.82, 2.24) is 5.32 Å². The minimum Gasteiger partial charge on any atom is -0.493 e. The van der Waals surface area contributed by atoms with Crippen LogP contribution in [0.1, 0.15) is 45.1 Å². The Hall–Kier alpha value is -2.22. The molecule has 3 atom stereocenters. The summed E-state index contributed by atoms with van der Waals surface area (Å²) >= 11 is 0. The number of amides is 1. The predicted molar refractivity (Wildman–Crippen MR) is 87.4 cm³/mol. The van der Waals surface area contributed by atoms with Crippen LogP contribution in [0, 0.1) is 17.2 Å². The molecule has 0 bridgehead atoms. The summed E-state index contributed by atoms with van der Waals surface area (Å²) in [6.07, 6.45) is 3.96. The summed E-state index contributed by atoms with van der Waals surface area (Å²) in [4.78, 5) is 12.4. The van der Waals surface area contributed by atoms with Gasteiger partial charge in [-0.3, -0.25) is 4.79 Å². The Morgan fingerprint density at radius 2 is 2.09 bits per heavy atom. The summed E-state index contributed by atoms with van der Waals surface area (Å²) < 4.78 is 11.0. The van der Waals surface area contributed by atoms with Gasteiger partial charge in [0.15, 0.2) is 17.6 Å². The zero-order valence-corrected chi connectivity index (χ0v) is 14.0. The first kappa shape index (κ1) is 17.1. The summed E-state index contributed by atoms with van der Waals surface area (Å²) in [7, 11) is 1.51. The molecule has 124 valence electrons. The van der Waals surface area contributed by atoms with E-state index in [9.17, 15) is 4.79 Å². The minimum atomic E-state index is -0.619. The normalized spacial score (nSPS) is 21.8. The topological polar surface area (TPSA) is 71.3 Å². The number of carbonyl (C=O) groups excluding carboxylic acids is 1. The lowest BCUT2D eigenvalue weighted by Gasteiger charge is -2.30. The van der Waals surface area contributed by atoms with E-state index in [0.717, 1.165) is 19.3 Å². The first-order chi connectivity index (χ1) is 11.0. The van der Waals surface area contributed by atoms with E-state index < -0.39 is 6.10 Å². The van der Waals surface area contributed by atoms with E-state index in [2.05, 4.69) is 12.2 Å². The summed E-state index contributed by atoms with van der Waals surface area (Å²) in [5.41, 5.74) is 0.488. The molecule has 0 aliphatic heterocycles. The van der Waals surface area contributed by atoms with E-state index >= 15 is 0 Å². The molecule has 1 aliphatic carbocycles. The number of hydrogen-bond donors (Lipinski definition) is 1. The molecular formula is C18H24N2O3. The fourth-order valence-corrected chi connectivity index (χ4v) is 2.91. The van der Waals surface area contributed by atoms with Crippen molar-refractivity contribution in [2.75, 3.05) is 7.11 Å². The molecular weight excluding hydrogens is 292 g/mol. The van der Waals surface area contributed by atoms with Crippen molar-refractivity contribution < 1.29 is 14.3 Å². The molecule has 1 amide bonds. The van der Waals surface area contributed by atoms with Crippen LogP contribution in [0.2, 0.25) is 0 Å². The van der Waals surface area contributed by atoms with Gasteiger partial charge in [0.1, 0.15) is 0 Å². The number of benzene rings is 1. The minimum absolute atomic E-state index is 0.116. The zero-order chi connectivity index (χ0) is 16.8. The summed E-state index contributed by atoms with van der Waals surface area (Å²) in [6.45, 7) is 3.90. The van der Waals surface area contributed by atoms with Crippen molar-refractivity contribution in [2.24, 2.45) is 5.92 Å². The molecule has 0 saturated heterocycles. The molecule has 1 aliphatic rings. The summed E-state index contributed by atoms with van der Waals surface area (Å²) in [6, 6.07) is 7.18. The van der Waals surface area contributed by atoms with E-state index in [0.29, 0.717) is 23.0 Å². The monoisotopic (exact) mass is 316 g/mol. The van der Waals surface area contributed by atoms with Crippen molar-refractivity contribution in [3.05, 3.63) is 23.8 Å². The predicted octanol–water partition coefficient (Wildman–Crippen LogP) is 3.03. The Bertz CT molecular complexity index is 594. The maximum absolute atomic E-state index is 12.4. The van der Waals surface area contributed by atoms with Crippen molar-refractivity contribution in [3.8, 4) is 17.6 Å². The molecule has 1 saturated carbocycles. The highest BCUT2D eigenvalue weighted by atomic mass is 16.5. The van der Waals surface area contributed by atoms with Crippen molar-refractivity contribution >= 4 is 5.91 Å². The van der Waals surface area contributed by atoms with Crippen LogP contribution in [0.15, 0.2) is 18.2 Å². The molecule has 0 radical (unpaired) electrons. The summed E-state index contributed by atoms with van der Waals surface area (Å²) in [5, 5.41) is 12.0. The van der Waals surface area contributed by atoms with Gasteiger partial charge in [-0.1, -0.05) is 19.8 Å². The van der Waals surface area contributed by atoms with E-state index in [4.69, 9.17) is 14.7 Å². The first-order valence-corrected chi connectivity index (χ1v) is 8.10. The van der Waals surface area contributed by atoms with Crippen molar-refractivity contribution in [1.29, 1.82) is 5.26 Å². The fourth-order valence-electron chi connectivity index (χ4n) is 2.91. The number of nitriles is 1. The highest BCUT2D eigenvalue weighted by Crippen LogP contribution is 2.29. The Balaban J connectivity index is 1.99. The molecule has 0 aromatic heterocycles. The Morgan fingerprint density at radius 3 is 2.74 bits per heavy atom. The molecule has 1 aromatic carbocycles. The molecule has 1 N–H and O–H groups in total. The number of hydrogen-bond acceptors (Lipinski definition) is 4. The molecule has 5 heteroatoms. The van der Waals surface area contributed by atoms with E-state index in [1.807, 2.05) is 6.07 Å². The fraction of sp³-hybridized carbons (Fsp3) is 0.556. The van der Waals surface area contributed by atoms with Gasteiger partial charge in [0.25, 0.3) is 5.91 Å². The van der Waals surface area contributed by atoms with Gasteiger partial charge in [-0.05, 0) is 37.8 Å². The smallest absolute Gasteiger partial charge is 0.261 e. The van der Waals surface area contributed by atoms with Crippen molar-refractivity contribution in [3.63, 3.8) is 0 Å². The quantitative estimate of drug-likeness (QED) is 0.906. The zero-order valence-electron chi connectivity index (χ0n) is 14.0. The largest absolute Gasteiger partial charge is 0.493 e. The number of carbonyl (C=O) groups is 1. The number of nitrogens with zero attached hydrogens (tertiary/aromatic N) is 1. The molecule has 0 spiro atoms. The molecule has 23 heavy (non-hydrogen) atoms. The van der Waals surface area contributed by atoms with Gasteiger partial charge >= 0.3 is 0 Å². The van der Waals surface area contributed by atoms with Gasteiger partial charge in [0, 0.05) is 12.1 Å². The molecule has 1 aromatic rings. The third-order valence-corrected chi connectivity index (χ3v) is 4.40. The Morgan fingerprint density at radius 1 is 1.35 bits per heavy atom. The lowest BCUT2D eigenvalue weighted by molar-refractivity contribution is -0.128. The van der Waals surface area contributed by atoms with Crippen LogP contribution < -0.4 is 14.8 Å². The van der Waals surface area contributed by atoms with Gasteiger partial charge in [-0.25, -0.2) is 0 Å². The third kappa shape index (κ3) is 4.38. The second kappa shape index (κ2) is 7.87. The SMILES string of the molecule is COc1cc(C#N)ccc1O[C@H](C)C(=O)N[C@@H]1CCCC[C@H]1C. The molecule has 2 rings (SSSR count). The second-order valence-electron chi connectivity index (χ2n) is 6.11. The molecule has 0 heterocycles. The third-order valence-electron chi connectivity index (χ3n) is 4.40. The van der Waals surface area contributed by atoms with Gasteiger partial charge in [0.2, 0.25) is 0 Å².